The number of carbonyl (C=O) groups is 2. The number of fused-ring (bicyclic) bond motifs is 3. The number of hydrogen-bond acceptors (Lipinski definition) is 7. The molecule has 5 N–H and O–H groups in total. The Morgan fingerprint density at radius 1 is 1.20 bits per heavy atom. The van der Waals surface area contributed by atoms with E-state index in [1.807, 2.05) is 6.21 Å². The Kier molecular flexibility index (Phi) is 9.59. The van der Waals surface area contributed by atoms with Gasteiger partial charge in [-0.25, -0.2) is 9.59 Å². The predicted molar refractivity (Wildman–Crippen MR) is 134 cm³/mol. The highest BCUT2D eigenvalue weighted by molar-refractivity contribution is 6.03. The number of hydrogen-bond donors (Lipinski definition) is 4. The van der Waals surface area contributed by atoms with Crippen molar-refractivity contribution in [3.63, 3.8) is 0 Å². The molecule has 192 valence electrons. The van der Waals surface area contributed by atoms with E-state index in [0.29, 0.717) is 37.1 Å². The highest BCUT2D eigenvalue weighted by atomic mass is 16.6. The molecule has 0 bridgehead atoms. The van der Waals surface area contributed by atoms with E-state index in [2.05, 4.69) is 56.2 Å². The lowest BCUT2D eigenvalue weighted by Crippen LogP contribution is -2.51. The lowest BCUT2D eigenvalue weighted by molar-refractivity contribution is -0.134. The van der Waals surface area contributed by atoms with E-state index in [-0.39, 0.29) is 10.8 Å². The molecule has 0 amide bonds. The van der Waals surface area contributed by atoms with E-state index < -0.39 is 11.9 Å². The van der Waals surface area contributed by atoms with Gasteiger partial charge in [-0.15, -0.1) is 0 Å². The first kappa shape index (κ1) is 28.0. The van der Waals surface area contributed by atoms with Crippen LogP contribution in [0.1, 0.15) is 76.0 Å². The smallest absolute Gasteiger partial charge is 0.328 e. The van der Waals surface area contributed by atoms with Gasteiger partial charge in [-0.1, -0.05) is 56.6 Å². The van der Waals surface area contributed by atoms with Crippen molar-refractivity contribution >= 4 is 23.9 Å². The Hall–Kier alpha value is -3.20. The van der Waals surface area contributed by atoms with E-state index in [1.165, 1.54) is 11.1 Å². The van der Waals surface area contributed by atoms with Crippen LogP contribution in [0.3, 0.4) is 0 Å². The van der Waals surface area contributed by atoms with Gasteiger partial charge in [-0.3, -0.25) is 0 Å². The average Bonchev–Trinajstić information content (AvgIpc) is 2.80. The largest absolute Gasteiger partial charge is 0.478 e. The maximum Gasteiger partial charge on any atom is 0.328 e. The zero-order valence-electron chi connectivity index (χ0n) is 20.9. The monoisotopic (exact) mass is 487 g/mol. The molecule has 1 fully saturated rings. The van der Waals surface area contributed by atoms with Crippen LogP contribution < -0.4 is 5.73 Å². The summed E-state index contributed by atoms with van der Waals surface area (Å²) in [5.41, 5.74) is 9.91. The van der Waals surface area contributed by atoms with Crippen LogP contribution >= 0.6 is 0 Å². The molecule has 0 radical (unpaired) electrons. The van der Waals surface area contributed by atoms with Crippen LogP contribution in [0.2, 0.25) is 0 Å². The van der Waals surface area contributed by atoms with Crippen molar-refractivity contribution in [1.29, 1.82) is 0 Å². The number of carboxylic acids is 2. The molecule has 3 rings (SSSR count). The van der Waals surface area contributed by atoms with Gasteiger partial charge in [0.2, 0.25) is 0 Å². The van der Waals surface area contributed by atoms with Crippen molar-refractivity contribution in [3.05, 3.63) is 47.0 Å². The molecule has 0 heterocycles. The molecular formula is C26H37N3O6. The van der Waals surface area contributed by atoms with Crippen molar-refractivity contribution in [1.82, 2.24) is 0 Å². The van der Waals surface area contributed by atoms with Crippen LogP contribution in [-0.4, -0.2) is 52.4 Å². The summed E-state index contributed by atoms with van der Waals surface area (Å²) in [6, 6.07) is 6.72. The molecule has 0 aliphatic heterocycles. The number of nitrogens with two attached hydrogens (primary N) is 1. The summed E-state index contributed by atoms with van der Waals surface area (Å²) in [5.74, 6) is -1.75. The Bertz CT molecular complexity index is 987. The topological polar surface area (TPSA) is 155 Å². The molecule has 1 aromatic carbocycles. The van der Waals surface area contributed by atoms with Gasteiger partial charge in [0, 0.05) is 35.9 Å². The lowest BCUT2D eigenvalue weighted by Gasteiger charge is -2.54. The van der Waals surface area contributed by atoms with Crippen molar-refractivity contribution in [2.75, 3.05) is 13.2 Å². The molecule has 0 aromatic heterocycles. The number of carboxylic acid groups (broad SMARTS) is 2. The van der Waals surface area contributed by atoms with Gasteiger partial charge < -0.3 is 26.0 Å². The summed E-state index contributed by atoms with van der Waals surface area (Å²) < 4.78 is 0. The van der Waals surface area contributed by atoms with E-state index in [0.717, 1.165) is 37.0 Å². The quantitative estimate of drug-likeness (QED) is 0.148. The maximum atomic E-state index is 9.77. The summed E-state index contributed by atoms with van der Waals surface area (Å²) in [4.78, 5) is 24.4. The highest BCUT2D eigenvalue weighted by Gasteiger charge is 2.53. The minimum atomic E-state index is -1.26. The molecule has 0 spiro atoms. The Labute approximate surface area is 206 Å². The van der Waals surface area contributed by atoms with Crippen LogP contribution in [0.5, 0.6) is 0 Å². The molecule has 3 atom stereocenters. The minimum absolute atomic E-state index is 0.0337. The first-order chi connectivity index (χ1) is 16.5. The van der Waals surface area contributed by atoms with Gasteiger partial charge in [0.1, 0.15) is 6.61 Å². The fraction of sp³-hybridized carbons (Fsp3) is 0.538. The second-order valence-electron chi connectivity index (χ2n) is 9.91. The third kappa shape index (κ3) is 6.69. The van der Waals surface area contributed by atoms with Crippen LogP contribution in [0.15, 0.2) is 40.7 Å². The number of oxime groups is 2. The minimum Gasteiger partial charge on any atom is -0.478 e. The average molecular weight is 488 g/mol. The van der Waals surface area contributed by atoms with Gasteiger partial charge in [-0.2, -0.15) is 0 Å². The molecule has 2 aliphatic carbocycles. The van der Waals surface area contributed by atoms with Gasteiger partial charge in [0.25, 0.3) is 0 Å². The third-order valence-electron chi connectivity index (χ3n) is 7.13. The predicted octanol–water partition coefficient (Wildman–Crippen LogP) is 4.13. The number of benzene rings is 1. The number of nitrogens with zero attached hydrogens (tertiary/aromatic N) is 2. The second-order valence-corrected chi connectivity index (χ2v) is 9.91. The normalized spacial score (nSPS) is 26.8. The van der Waals surface area contributed by atoms with E-state index in [1.54, 1.807) is 0 Å². The van der Waals surface area contributed by atoms with Crippen LogP contribution in [0.25, 0.3) is 0 Å². The Balaban J connectivity index is 0.000000466. The maximum absolute atomic E-state index is 9.77. The summed E-state index contributed by atoms with van der Waals surface area (Å²) >= 11 is 0. The summed E-state index contributed by atoms with van der Waals surface area (Å²) in [6.45, 7) is 9.90. The molecule has 35 heavy (non-hydrogen) atoms. The summed E-state index contributed by atoms with van der Waals surface area (Å²) in [5, 5.41) is 33.3. The molecular weight excluding hydrogens is 450 g/mol. The molecule has 2 aliphatic rings. The Morgan fingerprint density at radius 2 is 1.86 bits per heavy atom. The molecule has 1 unspecified atom stereocenters. The lowest BCUT2D eigenvalue weighted by atomic mass is 9.50. The zero-order valence-corrected chi connectivity index (χ0v) is 20.9. The highest BCUT2D eigenvalue weighted by Crippen LogP contribution is 2.56. The van der Waals surface area contributed by atoms with Gasteiger partial charge >= 0.3 is 11.9 Å². The Morgan fingerprint density at radius 3 is 2.40 bits per heavy atom. The summed E-state index contributed by atoms with van der Waals surface area (Å²) in [6.07, 6.45) is 7.17. The van der Waals surface area contributed by atoms with Crippen LogP contribution in [0, 0.1) is 11.3 Å². The first-order valence-corrected chi connectivity index (χ1v) is 11.8. The number of rotatable bonds is 7. The van der Waals surface area contributed by atoms with Gasteiger partial charge in [-0.05, 0) is 53.7 Å². The SMILES string of the molecule is CC(C)c1ccc2c(c1)/C(=N/O)CC1[C@@](C)(/C=N/OCCN)CCC[C@]21C.O=C(O)/C=C/C(=O)O. The standard InChI is InChI=1S/C22H33N3O2.C4H4O4/c1-15(2)16-6-7-18-17(12-16)19(25-26)13-20-21(3,14-24-27-11-10-23)8-5-9-22(18,20)4;5-3(6)1-2-4(7)8/h6-7,12,14-15,20,26H,5,8-11,13,23H2,1-4H3;1-2H,(H,5,6)(H,7,8)/b24-14+,25-19+;2-1+/t20?,21-,22-;/m1./s1. The summed E-state index contributed by atoms with van der Waals surface area (Å²) in [7, 11) is 0. The van der Waals surface area contributed by atoms with Crippen molar-refractivity contribution < 1.29 is 29.8 Å². The molecule has 1 aromatic rings. The van der Waals surface area contributed by atoms with E-state index in [4.69, 9.17) is 20.8 Å². The fourth-order valence-electron chi connectivity index (χ4n) is 5.31. The van der Waals surface area contributed by atoms with E-state index in [9.17, 15) is 14.8 Å². The van der Waals surface area contributed by atoms with Crippen molar-refractivity contribution in [3.8, 4) is 0 Å². The molecule has 0 saturated heterocycles. The molecule has 9 heteroatoms. The van der Waals surface area contributed by atoms with Gasteiger partial charge in [0.15, 0.2) is 0 Å². The van der Waals surface area contributed by atoms with Gasteiger partial charge in [0.05, 0.1) is 5.71 Å². The fourth-order valence-corrected chi connectivity index (χ4v) is 5.31. The molecule has 9 nitrogen and oxygen atoms in total. The van der Waals surface area contributed by atoms with Crippen LogP contribution in [0.4, 0.5) is 0 Å². The van der Waals surface area contributed by atoms with Crippen molar-refractivity contribution in [2.24, 2.45) is 27.4 Å². The van der Waals surface area contributed by atoms with Crippen LogP contribution in [-0.2, 0) is 19.8 Å². The third-order valence-corrected chi connectivity index (χ3v) is 7.13. The molecule has 1 saturated carbocycles. The van der Waals surface area contributed by atoms with E-state index >= 15 is 0 Å². The second kappa shape index (κ2) is 12.0. The first-order valence-electron chi connectivity index (χ1n) is 11.8. The number of aliphatic carboxylic acids is 2. The van der Waals surface area contributed by atoms with Crippen molar-refractivity contribution in [2.45, 2.75) is 64.7 Å². The zero-order chi connectivity index (χ0) is 26.2.